The first-order valence-corrected chi connectivity index (χ1v) is 9.98. The quantitative estimate of drug-likeness (QED) is 0.346. The van der Waals surface area contributed by atoms with Crippen molar-refractivity contribution >= 4 is 11.9 Å². The van der Waals surface area contributed by atoms with Gasteiger partial charge in [-0.3, -0.25) is 9.59 Å². The molecule has 0 rings (SSSR count). The van der Waals surface area contributed by atoms with Crippen LogP contribution in [0, 0.1) is 0 Å². The molecule has 0 unspecified atom stereocenters. The normalized spacial score (nSPS) is 10.1. The molecule has 4 nitrogen and oxygen atoms in total. The zero-order valence-electron chi connectivity index (χ0n) is 16.2. The fourth-order valence-electron chi connectivity index (χ4n) is 2.65. The second-order valence-electron chi connectivity index (χ2n) is 6.70. The third kappa shape index (κ3) is 32.8. The highest BCUT2D eigenvalue weighted by Gasteiger charge is 1.97. The maximum absolute atomic E-state index is 10.3. The van der Waals surface area contributed by atoms with Crippen LogP contribution in [-0.4, -0.2) is 17.0 Å². The van der Waals surface area contributed by atoms with Crippen LogP contribution in [0.1, 0.15) is 117 Å². The monoisotopic (exact) mass is 343 g/mol. The number of nitrogens with two attached hydrogens (primary N) is 1. The molecule has 0 fully saturated rings. The smallest absolute Gasteiger partial charge is 0.303 e. The van der Waals surface area contributed by atoms with Crippen molar-refractivity contribution in [2.75, 3.05) is 0 Å². The van der Waals surface area contributed by atoms with E-state index in [2.05, 4.69) is 12.7 Å². The largest absolute Gasteiger partial charge is 0.481 e. The van der Waals surface area contributed by atoms with E-state index in [1.807, 2.05) is 0 Å². The Balaban J connectivity index is 0. The van der Waals surface area contributed by atoms with E-state index in [9.17, 15) is 9.59 Å². The summed E-state index contributed by atoms with van der Waals surface area (Å²) in [5.41, 5.74) is 4.47. The molecule has 3 N–H and O–H groups in total. The minimum atomic E-state index is -0.653. The number of amides is 1. The number of carbonyl (C=O) groups excluding carboxylic acids is 1. The number of primary amides is 1. The predicted octanol–water partition coefficient (Wildman–Crippen LogP) is 5.82. The van der Waals surface area contributed by atoms with Gasteiger partial charge in [0.2, 0.25) is 5.91 Å². The zero-order valence-corrected chi connectivity index (χ0v) is 16.2. The molecular formula is C20H41NO3. The fourth-order valence-corrected chi connectivity index (χ4v) is 2.65. The number of carbonyl (C=O) groups is 2. The lowest BCUT2D eigenvalue weighted by Gasteiger charge is -2.03. The van der Waals surface area contributed by atoms with Crippen LogP contribution < -0.4 is 5.73 Å². The van der Waals surface area contributed by atoms with E-state index in [-0.39, 0.29) is 5.91 Å². The molecule has 1 amide bonds. The van der Waals surface area contributed by atoms with Crippen molar-refractivity contribution in [2.24, 2.45) is 5.73 Å². The molecule has 0 aromatic rings. The van der Waals surface area contributed by atoms with E-state index in [4.69, 9.17) is 5.11 Å². The third-order valence-electron chi connectivity index (χ3n) is 3.99. The molecule has 0 aliphatic heterocycles. The highest BCUT2D eigenvalue weighted by molar-refractivity contribution is 5.70. The zero-order chi connectivity index (χ0) is 18.5. The number of aliphatic carboxylic acids is 1. The number of carboxylic acids is 1. The van der Waals surface area contributed by atoms with Gasteiger partial charge in [0.1, 0.15) is 0 Å². The second-order valence-corrected chi connectivity index (χ2v) is 6.70. The molecule has 24 heavy (non-hydrogen) atoms. The first kappa shape index (κ1) is 25.2. The molecule has 0 heterocycles. The predicted molar refractivity (Wildman–Crippen MR) is 102 cm³/mol. The average Bonchev–Trinajstić information content (AvgIpc) is 2.50. The summed E-state index contributed by atoms with van der Waals surface area (Å²) in [6.45, 7) is 3.58. The first-order valence-electron chi connectivity index (χ1n) is 9.98. The number of hydrogen-bond acceptors (Lipinski definition) is 2. The summed E-state index contributed by atoms with van der Waals surface area (Å²) in [6, 6.07) is 0. The molecule has 4 heteroatoms. The fraction of sp³-hybridized carbons (Fsp3) is 0.900. The van der Waals surface area contributed by atoms with E-state index >= 15 is 0 Å². The number of rotatable bonds is 16. The molecule has 0 spiro atoms. The van der Waals surface area contributed by atoms with Gasteiger partial charge in [-0.2, -0.15) is 0 Å². The topological polar surface area (TPSA) is 80.4 Å². The summed E-state index contributed by atoms with van der Waals surface area (Å²) in [5.74, 6) is -0.986. The molecule has 0 aromatic carbocycles. The van der Waals surface area contributed by atoms with Crippen LogP contribution >= 0.6 is 0 Å². The Morgan fingerprint density at radius 1 is 0.667 bits per heavy atom. The Morgan fingerprint density at radius 2 is 0.917 bits per heavy atom. The van der Waals surface area contributed by atoms with Gasteiger partial charge in [-0.15, -0.1) is 0 Å². The maximum atomic E-state index is 10.3. The highest BCUT2D eigenvalue weighted by atomic mass is 16.4. The summed E-state index contributed by atoms with van der Waals surface area (Å²) in [6.07, 6.45) is 20.2. The lowest BCUT2D eigenvalue weighted by atomic mass is 10.0. The summed E-state index contributed by atoms with van der Waals surface area (Å²) >= 11 is 0. The molecule has 0 aromatic heterocycles. The van der Waals surface area contributed by atoms with Gasteiger partial charge in [-0.1, -0.05) is 96.8 Å². The summed E-state index contributed by atoms with van der Waals surface area (Å²) < 4.78 is 0. The van der Waals surface area contributed by atoms with Crippen LogP contribution in [0.15, 0.2) is 0 Å². The maximum Gasteiger partial charge on any atom is 0.303 e. The SMILES string of the molecule is CC(N)=O.CCCCCCCCCCCCCCCCCC(=O)O. The molecule has 0 radical (unpaired) electrons. The average molecular weight is 344 g/mol. The third-order valence-corrected chi connectivity index (χ3v) is 3.99. The Labute approximate surface area is 149 Å². The van der Waals surface area contributed by atoms with Gasteiger partial charge < -0.3 is 10.8 Å². The molecule has 0 aliphatic carbocycles. The van der Waals surface area contributed by atoms with Gasteiger partial charge in [-0.25, -0.2) is 0 Å². The van der Waals surface area contributed by atoms with Crippen LogP contribution in [0.25, 0.3) is 0 Å². The number of carboxylic acid groups (broad SMARTS) is 1. The molecule has 0 bridgehead atoms. The Hall–Kier alpha value is -1.06. The van der Waals surface area contributed by atoms with Crippen molar-refractivity contribution in [3.8, 4) is 0 Å². The number of unbranched alkanes of at least 4 members (excludes halogenated alkanes) is 14. The van der Waals surface area contributed by atoms with Crippen LogP contribution in [-0.2, 0) is 9.59 Å². The molecule has 144 valence electrons. The molecule has 0 aliphatic rings. The molecule has 0 atom stereocenters. The summed E-state index contributed by atoms with van der Waals surface area (Å²) in [4.78, 5) is 19.6. The minimum absolute atomic E-state index is 0.333. The minimum Gasteiger partial charge on any atom is -0.481 e. The standard InChI is InChI=1S/C18H36O2.C2H5NO/c1-2-3-4-5-6-7-8-9-10-11-12-13-14-15-16-17-18(19)20;1-2(3)4/h2-17H2,1H3,(H,19,20);1H3,(H2,3,4). The van der Waals surface area contributed by atoms with Crippen LogP contribution in [0.2, 0.25) is 0 Å². The summed E-state index contributed by atoms with van der Waals surface area (Å²) in [5, 5.41) is 8.52. The van der Waals surface area contributed by atoms with Crippen LogP contribution in [0.4, 0.5) is 0 Å². The van der Waals surface area contributed by atoms with E-state index in [1.54, 1.807) is 0 Å². The Bertz CT molecular complexity index is 276. The van der Waals surface area contributed by atoms with E-state index in [0.717, 1.165) is 12.8 Å². The Morgan fingerprint density at radius 3 is 1.17 bits per heavy atom. The first-order chi connectivity index (χ1) is 11.5. The lowest BCUT2D eigenvalue weighted by molar-refractivity contribution is -0.137. The van der Waals surface area contributed by atoms with Crippen molar-refractivity contribution < 1.29 is 14.7 Å². The molecular weight excluding hydrogens is 302 g/mol. The van der Waals surface area contributed by atoms with Crippen molar-refractivity contribution in [3.63, 3.8) is 0 Å². The van der Waals surface area contributed by atoms with Gasteiger partial charge in [0.25, 0.3) is 0 Å². The van der Waals surface area contributed by atoms with Crippen LogP contribution in [0.3, 0.4) is 0 Å². The summed E-state index contributed by atoms with van der Waals surface area (Å²) in [7, 11) is 0. The van der Waals surface area contributed by atoms with Gasteiger partial charge in [0, 0.05) is 13.3 Å². The van der Waals surface area contributed by atoms with Crippen molar-refractivity contribution in [2.45, 2.75) is 117 Å². The van der Waals surface area contributed by atoms with E-state index in [0.29, 0.717) is 6.42 Å². The van der Waals surface area contributed by atoms with E-state index in [1.165, 1.54) is 90.4 Å². The van der Waals surface area contributed by atoms with Crippen molar-refractivity contribution in [3.05, 3.63) is 0 Å². The van der Waals surface area contributed by atoms with E-state index < -0.39 is 5.97 Å². The van der Waals surface area contributed by atoms with Crippen LogP contribution in [0.5, 0.6) is 0 Å². The van der Waals surface area contributed by atoms with Crippen molar-refractivity contribution in [1.82, 2.24) is 0 Å². The second kappa shape index (κ2) is 21.9. The van der Waals surface area contributed by atoms with Gasteiger partial charge >= 0.3 is 5.97 Å². The van der Waals surface area contributed by atoms with Gasteiger partial charge in [0.15, 0.2) is 0 Å². The van der Waals surface area contributed by atoms with Gasteiger partial charge in [-0.05, 0) is 6.42 Å². The molecule has 0 saturated carbocycles. The highest BCUT2D eigenvalue weighted by Crippen LogP contribution is 2.13. The van der Waals surface area contributed by atoms with Crippen molar-refractivity contribution in [1.29, 1.82) is 0 Å². The Kier molecular flexibility index (Phi) is 23.0. The molecule has 0 saturated heterocycles. The lowest BCUT2D eigenvalue weighted by Crippen LogP contribution is -2.01. The number of hydrogen-bond donors (Lipinski definition) is 2. The van der Waals surface area contributed by atoms with Gasteiger partial charge in [0.05, 0.1) is 0 Å².